The molecule has 0 aliphatic rings. The minimum absolute atomic E-state index is 0. The van der Waals surface area contributed by atoms with Crippen molar-refractivity contribution in [2.75, 3.05) is 5.32 Å². The zero-order valence-corrected chi connectivity index (χ0v) is 22.6. The van der Waals surface area contributed by atoms with Crippen molar-refractivity contribution in [3.63, 3.8) is 0 Å². The third kappa shape index (κ3) is 6.32. The SMILES string of the molecule is Cc1ccc(N=Nc2cc(O)c(N=Nc3c(C)cc4cc(Nc5ccccc5)ccc4c3O)cc2C)cc1.[Cu]. The number of anilines is 2. The second-order valence-electron chi connectivity index (χ2n) is 9.18. The van der Waals surface area contributed by atoms with Gasteiger partial charge in [0.05, 0.1) is 11.4 Å². The maximum Gasteiger partial charge on any atom is 0.151 e. The van der Waals surface area contributed by atoms with Crippen LogP contribution in [0.2, 0.25) is 0 Å². The van der Waals surface area contributed by atoms with Gasteiger partial charge in [0.25, 0.3) is 0 Å². The first kappa shape index (κ1) is 27.5. The molecule has 39 heavy (non-hydrogen) atoms. The van der Waals surface area contributed by atoms with Gasteiger partial charge in [-0.2, -0.15) is 10.2 Å². The fraction of sp³-hybridized carbons (Fsp3) is 0.0968. The van der Waals surface area contributed by atoms with Crippen LogP contribution in [0.25, 0.3) is 10.8 Å². The summed E-state index contributed by atoms with van der Waals surface area (Å²) in [6, 6.07) is 28.5. The molecule has 0 bridgehead atoms. The number of hydrogen-bond acceptors (Lipinski definition) is 7. The summed E-state index contributed by atoms with van der Waals surface area (Å²) in [5.74, 6) is -0.0403. The number of para-hydroxylation sites is 1. The van der Waals surface area contributed by atoms with Gasteiger partial charge in [0.15, 0.2) is 5.75 Å². The van der Waals surface area contributed by atoms with Crippen LogP contribution < -0.4 is 5.32 Å². The van der Waals surface area contributed by atoms with Crippen LogP contribution in [-0.4, -0.2) is 10.2 Å². The number of azo groups is 2. The normalized spacial score (nSPS) is 11.3. The van der Waals surface area contributed by atoms with Crippen LogP contribution in [0.3, 0.4) is 0 Å². The molecule has 7 nitrogen and oxygen atoms in total. The molecule has 0 saturated carbocycles. The van der Waals surface area contributed by atoms with Crippen LogP contribution in [0.15, 0.2) is 111 Å². The number of phenolic OH excluding ortho intramolecular Hbond substituents is 2. The number of aromatic hydroxyl groups is 2. The maximum absolute atomic E-state index is 11.0. The van der Waals surface area contributed by atoms with Crippen LogP contribution in [0.4, 0.5) is 34.1 Å². The Balaban J connectivity index is 0.00000353. The van der Waals surface area contributed by atoms with E-state index in [1.807, 2.05) is 99.6 Å². The number of nitrogens with one attached hydrogen (secondary N) is 1. The van der Waals surface area contributed by atoms with E-state index < -0.39 is 0 Å². The molecule has 0 heterocycles. The van der Waals surface area contributed by atoms with Gasteiger partial charge >= 0.3 is 0 Å². The fourth-order valence-electron chi connectivity index (χ4n) is 4.09. The summed E-state index contributed by atoms with van der Waals surface area (Å²) in [6.07, 6.45) is 0. The number of phenols is 2. The second kappa shape index (κ2) is 11.9. The molecule has 0 spiro atoms. The second-order valence-corrected chi connectivity index (χ2v) is 9.18. The Hall–Kier alpha value is -4.52. The zero-order valence-electron chi connectivity index (χ0n) is 21.6. The van der Waals surface area contributed by atoms with Crippen molar-refractivity contribution in [2.24, 2.45) is 20.5 Å². The topological polar surface area (TPSA) is 102 Å². The molecule has 8 heteroatoms. The van der Waals surface area contributed by atoms with Crippen LogP contribution in [-0.2, 0) is 17.1 Å². The van der Waals surface area contributed by atoms with E-state index in [9.17, 15) is 10.2 Å². The van der Waals surface area contributed by atoms with Crippen LogP contribution in [0, 0.1) is 20.8 Å². The molecule has 5 rings (SSSR count). The Morgan fingerprint density at radius 2 is 1.33 bits per heavy atom. The minimum atomic E-state index is -0.0771. The molecule has 3 N–H and O–H groups in total. The third-order valence-corrected chi connectivity index (χ3v) is 6.20. The molecule has 0 aliphatic carbocycles. The Kier molecular flexibility index (Phi) is 8.39. The molecular formula is C31H27CuN5O2. The van der Waals surface area contributed by atoms with E-state index in [-0.39, 0.29) is 34.3 Å². The van der Waals surface area contributed by atoms with Crippen molar-refractivity contribution >= 4 is 44.9 Å². The van der Waals surface area contributed by atoms with Crippen molar-refractivity contribution < 1.29 is 27.3 Å². The molecule has 0 atom stereocenters. The van der Waals surface area contributed by atoms with E-state index in [1.54, 1.807) is 6.07 Å². The van der Waals surface area contributed by atoms with Crippen LogP contribution >= 0.6 is 0 Å². The summed E-state index contributed by atoms with van der Waals surface area (Å²) < 4.78 is 0. The molecule has 0 aliphatic heterocycles. The minimum Gasteiger partial charge on any atom is -0.506 e. The first-order valence-corrected chi connectivity index (χ1v) is 12.2. The molecule has 5 aromatic carbocycles. The molecule has 0 unspecified atom stereocenters. The van der Waals surface area contributed by atoms with E-state index in [4.69, 9.17) is 0 Å². The van der Waals surface area contributed by atoms with Crippen molar-refractivity contribution in [3.8, 4) is 11.5 Å². The standard InChI is InChI=1S/C31H27N5O2.Cu/c1-19-9-11-24(12-10-19)33-34-27-18-29(37)28(16-20(27)2)35-36-30-21(3)15-22-17-25(13-14-26(22)31(30)38)32-23-7-5-4-6-8-23;/h4-18,32,37-38H,1-3H3;. The first-order valence-electron chi connectivity index (χ1n) is 12.2. The van der Waals surface area contributed by atoms with Gasteiger partial charge in [-0.05, 0) is 91.9 Å². The Bertz CT molecular complexity index is 1680. The summed E-state index contributed by atoms with van der Waals surface area (Å²) in [4.78, 5) is 0. The average molecular weight is 565 g/mol. The van der Waals surface area contributed by atoms with Gasteiger partial charge in [0, 0.05) is 39.9 Å². The van der Waals surface area contributed by atoms with Gasteiger partial charge < -0.3 is 15.5 Å². The number of aryl methyl sites for hydroxylation is 3. The summed E-state index contributed by atoms with van der Waals surface area (Å²) in [5, 5.41) is 43.5. The predicted molar refractivity (Wildman–Crippen MR) is 152 cm³/mol. The maximum atomic E-state index is 11.0. The van der Waals surface area contributed by atoms with Crippen molar-refractivity contribution in [1.82, 2.24) is 0 Å². The summed E-state index contributed by atoms with van der Waals surface area (Å²) in [7, 11) is 0. The van der Waals surface area contributed by atoms with E-state index in [2.05, 4.69) is 25.8 Å². The van der Waals surface area contributed by atoms with Crippen molar-refractivity contribution in [2.45, 2.75) is 20.8 Å². The first-order chi connectivity index (χ1) is 18.4. The number of nitrogens with zero attached hydrogens (tertiary/aromatic N) is 4. The van der Waals surface area contributed by atoms with E-state index >= 15 is 0 Å². The molecule has 0 saturated heterocycles. The number of rotatable bonds is 6. The molecule has 0 fully saturated rings. The molecular weight excluding hydrogens is 538 g/mol. The zero-order chi connectivity index (χ0) is 26.6. The average Bonchev–Trinajstić information content (AvgIpc) is 2.90. The van der Waals surface area contributed by atoms with Gasteiger partial charge in [-0.3, -0.25) is 0 Å². The number of benzene rings is 5. The summed E-state index contributed by atoms with van der Waals surface area (Å²) >= 11 is 0. The van der Waals surface area contributed by atoms with Gasteiger partial charge in [-0.1, -0.05) is 35.9 Å². The van der Waals surface area contributed by atoms with Crippen LogP contribution in [0.1, 0.15) is 16.7 Å². The fourth-order valence-corrected chi connectivity index (χ4v) is 4.09. The molecule has 0 aromatic heterocycles. The smallest absolute Gasteiger partial charge is 0.151 e. The van der Waals surface area contributed by atoms with Gasteiger partial charge in [0.1, 0.15) is 17.1 Å². The van der Waals surface area contributed by atoms with Gasteiger partial charge in [-0.15, -0.1) is 10.2 Å². The predicted octanol–water partition coefficient (Wildman–Crippen LogP) is 9.75. The summed E-state index contributed by atoms with van der Waals surface area (Å²) in [5.41, 5.74) is 6.47. The van der Waals surface area contributed by atoms with Crippen molar-refractivity contribution in [3.05, 3.63) is 108 Å². The van der Waals surface area contributed by atoms with Gasteiger partial charge in [0.2, 0.25) is 0 Å². The number of fused-ring (bicyclic) bond motifs is 1. The molecule has 1 radical (unpaired) electrons. The Morgan fingerprint density at radius 1 is 0.615 bits per heavy atom. The Morgan fingerprint density at radius 3 is 2.08 bits per heavy atom. The quantitative estimate of drug-likeness (QED) is 0.141. The Labute approximate surface area is 237 Å². The third-order valence-electron chi connectivity index (χ3n) is 6.20. The number of hydrogen-bond donors (Lipinski definition) is 3. The van der Waals surface area contributed by atoms with E-state index in [0.29, 0.717) is 16.8 Å². The monoisotopic (exact) mass is 564 g/mol. The largest absolute Gasteiger partial charge is 0.506 e. The van der Waals surface area contributed by atoms with E-state index in [0.717, 1.165) is 39.1 Å². The van der Waals surface area contributed by atoms with Crippen LogP contribution in [0.5, 0.6) is 11.5 Å². The van der Waals surface area contributed by atoms with Gasteiger partial charge in [-0.25, -0.2) is 0 Å². The van der Waals surface area contributed by atoms with E-state index in [1.165, 1.54) is 6.07 Å². The van der Waals surface area contributed by atoms with Crippen molar-refractivity contribution in [1.29, 1.82) is 0 Å². The molecule has 199 valence electrons. The molecule has 0 amide bonds. The summed E-state index contributed by atoms with van der Waals surface area (Å²) in [6.45, 7) is 5.74. The molecule has 5 aromatic rings.